The van der Waals surface area contributed by atoms with Crippen LogP contribution in [0.5, 0.6) is 5.75 Å². The van der Waals surface area contributed by atoms with Crippen LogP contribution in [0.15, 0.2) is 18.2 Å². The van der Waals surface area contributed by atoms with Gasteiger partial charge in [-0.2, -0.15) is 0 Å². The van der Waals surface area contributed by atoms with Crippen molar-refractivity contribution in [3.8, 4) is 5.75 Å². The van der Waals surface area contributed by atoms with Gasteiger partial charge in [-0.3, -0.25) is 0 Å². The van der Waals surface area contributed by atoms with Crippen molar-refractivity contribution < 1.29 is 9.13 Å². The summed E-state index contributed by atoms with van der Waals surface area (Å²) < 4.78 is 18.8. The molecule has 0 bridgehead atoms. The van der Waals surface area contributed by atoms with E-state index >= 15 is 0 Å². The zero-order chi connectivity index (χ0) is 13.9. The quantitative estimate of drug-likeness (QED) is 0.372. The van der Waals surface area contributed by atoms with Gasteiger partial charge in [0.15, 0.2) is 11.6 Å². The number of halogens is 3. The van der Waals surface area contributed by atoms with Gasteiger partial charge < -0.3 is 4.74 Å². The van der Waals surface area contributed by atoms with E-state index in [1.807, 2.05) is 0 Å². The monoisotopic (exact) mass is 350 g/mol. The maximum Gasteiger partial charge on any atom is 0.173 e. The Bertz CT molecular complexity index is 340. The van der Waals surface area contributed by atoms with Crippen molar-refractivity contribution >= 4 is 27.5 Å². The molecule has 1 aromatic rings. The number of hydrogen-bond acceptors (Lipinski definition) is 1. The highest BCUT2D eigenvalue weighted by Crippen LogP contribution is 2.27. The van der Waals surface area contributed by atoms with Crippen molar-refractivity contribution in [3.05, 3.63) is 29.0 Å². The first-order valence-electron chi connectivity index (χ1n) is 6.88. The Morgan fingerprint density at radius 3 is 2.26 bits per heavy atom. The molecule has 0 aliphatic heterocycles. The summed E-state index contributed by atoms with van der Waals surface area (Å²) in [6.07, 6.45) is 8.42. The van der Waals surface area contributed by atoms with E-state index in [4.69, 9.17) is 16.3 Å². The van der Waals surface area contributed by atoms with Crippen LogP contribution >= 0.6 is 27.5 Å². The van der Waals surface area contributed by atoms with Crippen molar-refractivity contribution in [2.24, 2.45) is 0 Å². The third-order valence-electron chi connectivity index (χ3n) is 2.94. The van der Waals surface area contributed by atoms with Gasteiger partial charge in [0, 0.05) is 5.33 Å². The van der Waals surface area contributed by atoms with Gasteiger partial charge in [0.25, 0.3) is 0 Å². The molecule has 0 aromatic heterocycles. The van der Waals surface area contributed by atoms with E-state index < -0.39 is 0 Å². The molecule has 0 amide bonds. The van der Waals surface area contributed by atoms with E-state index in [0.717, 1.165) is 18.2 Å². The first kappa shape index (κ1) is 16.8. The van der Waals surface area contributed by atoms with Gasteiger partial charge in [-0.15, -0.1) is 0 Å². The van der Waals surface area contributed by atoms with Crippen LogP contribution in [0.1, 0.15) is 44.9 Å². The smallest absolute Gasteiger partial charge is 0.173 e. The van der Waals surface area contributed by atoms with Gasteiger partial charge in [0.05, 0.1) is 11.6 Å². The first-order chi connectivity index (χ1) is 9.25. The van der Waals surface area contributed by atoms with Gasteiger partial charge in [0.1, 0.15) is 0 Å². The summed E-state index contributed by atoms with van der Waals surface area (Å²) in [7, 11) is 0. The van der Waals surface area contributed by atoms with Gasteiger partial charge in [-0.1, -0.05) is 65.7 Å². The summed E-state index contributed by atoms with van der Waals surface area (Å²) in [5.74, 6) is -0.205. The summed E-state index contributed by atoms with van der Waals surface area (Å²) in [6.45, 7) is 0.530. The average Bonchev–Trinajstić information content (AvgIpc) is 2.40. The van der Waals surface area contributed by atoms with Crippen LogP contribution in [-0.4, -0.2) is 11.9 Å². The molecule has 0 fully saturated rings. The van der Waals surface area contributed by atoms with Crippen molar-refractivity contribution in [2.75, 3.05) is 11.9 Å². The highest BCUT2D eigenvalue weighted by molar-refractivity contribution is 9.09. The lowest BCUT2D eigenvalue weighted by atomic mass is 10.1. The minimum atomic E-state index is -0.387. The summed E-state index contributed by atoms with van der Waals surface area (Å²) in [4.78, 5) is 0. The van der Waals surface area contributed by atoms with Crippen LogP contribution in [0, 0.1) is 5.82 Å². The fraction of sp³-hybridized carbons (Fsp3) is 0.600. The molecule has 19 heavy (non-hydrogen) atoms. The molecule has 0 aliphatic rings. The summed E-state index contributed by atoms with van der Waals surface area (Å²) >= 11 is 9.30. The normalized spacial score (nSPS) is 10.7. The Morgan fingerprint density at radius 2 is 1.63 bits per heavy atom. The van der Waals surface area contributed by atoms with Crippen molar-refractivity contribution in [1.29, 1.82) is 0 Å². The van der Waals surface area contributed by atoms with E-state index in [9.17, 15) is 4.39 Å². The Morgan fingerprint density at radius 1 is 1.00 bits per heavy atom. The van der Waals surface area contributed by atoms with Crippen molar-refractivity contribution in [3.63, 3.8) is 0 Å². The van der Waals surface area contributed by atoms with Crippen LogP contribution in [0.2, 0.25) is 5.02 Å². The molecule has 0 radical (unpaired) electrons. The largest absolute Gasteiger partial charge is 0.489 e. The minimum Gasteiger partial charge on any atom is -0.489 e. The number of para-hydroxylation sites is 1. The highest BCUT2D eigenvalue weighted by atomic mass is 79.9. The Kier molecular flexibility index (Phi) is 9.27. The Hall–Kier alpha value is -0.280. The third kappa shape index (κ3) is 7.17. The maximum atomic E-state index is 13.4. The fourth-order valence-corrected chi connectivity index (χ4v) is 2.49. The molecular weight excluding hydrogens is 331 g/mol. The molecule has 1 aromatic carbocycles. The number of ether oxygens (including phenoxy) is 1. The molecule has 0 saturated heterocycles. The average molecular weight is 352 g/mol. The van der Waals surface area contributed by atoms with Crippen LogP contribution in [-0.2, 0) is 0 Å². The van der Waals surface area contributed by atoms with Crippen LogP contribution in [0.4, 0.5) is 4.39 Å². The lowest BCUT2D eigenvalue weighted by Gasteiger charge is -2.08. The van der Waals surface area contributed by atoms with E-state index in [1.54, 1.807) is 12.1 Å². The van der Waals surface area contributed by atoms with Gasteiger partial charge in [0.2, 0.25) is 0 Å². The summed E-state index contributed by atoms with van der Waals surface area (Å²) in [5, 5.41) is 1.44. The molecule has 1 nitrogen and oxygen atoms in total. The zero-order valence-electron chi connectivity index (χ0n) is 11.1. The third-order valence-corrected chi connectivity index (χ3v) is 3.80. The topological polar surface area (TPSA) is 9.23 Å². The summed E-state index contributed by atoms with van der Waals surface area (Å²) in [6, 6.07) is 4.59. The standard InChI is InChI=1S/C15H21BrClFO/c16-11-6-4-2-1-3-5-7-12-19-15-13(17)9-8-10-14(15)18/h8-10H,1-7,11-12H2. The number of benzene rings is 1. The molecule has 1 rings (SSSR count). The zero-order valence-corrected chi connectivity index (χ0v) is 13.5. The minimum absolute atomic E-state index is 0.182. The molecule has 4 heteroatoms. The SMILES string of the molecule is Fc1cccc(Cl)c1OCCCCCCCCCBr. The highest BCUT2D eigenvalue weighted by Gasteiger charge is 2.07. The molecule has 0 saturated carbocycles. The first-order valence-corrected chi connectivity index (χ1v) is 8.38. The molecule has 0 aliphatic carbocycles. The molecule has 0 atom stereocenters. The van der Waals surface area contributed by atoms with Crippen LogP contribution < -0.4 is 4.74 Å². The van der Waals surface area contributed by atoms with Crippen molar-refractivity contribution in [2.45, 2.75) is 44.9 Å². The molecular formula is C15H21BrClFO. The molecule has 0 spiro atoms. The van der Waals surface area contributed by atoms with Gasteiger partial charge >= 0.3 is 0 Å². The lowest BCUT2D eigenvalue weighted by Crippen LogP contribution is -1.99. The second-order valence-electron chi connectivity index (χ2n) is 4.56. The number of alkyl halides is 1. The van der Waals surface area contributed by atoms with Gasteiger partial charge in [-0.25, -0.2) is 4.39 Å². The molecule has 0 unspecified atom stereocenters. The Labute approximate surface area is 128 Å². The Balaban J connectivity index is 2.05. The van der Waals surface area contributed by atoms with E-state index in [2.05, 4.69) is 15.9 Å². The molecule has 0 heterocycles. The van der Waals surface area contributed by atoms with E-state index in [1.165, 1.54) is 38.2 Å². The second kappa shape index (κ2) is 10.5. The number of rotatable bonds is 10. The number of unbranched alkanes of at least 4 members (excludes halogenated alkanes) is 6. The molecule has 0 N–H and O–H groups in total. The van der Waals surface area contributed by atoms with Gasteiger partial charge in [-0.05, 0) is 25.0 Å². The van der Waals surface area contributed by atoms with Crippen LogP contribution in [0.25, 0.3) is 0 Å². The second-order valence-corrected chi connectivity index (χ2v) is 5.76. The van der Waals surface area contributed by atoms with Crippen molar-refractivity contribution in [1.82, 2.24) is 0 Å². The maximum absolute atomic E-state index is 13.4. The summed E-state index contributed by atoms with van der Waals surface area (Å²) in [5.41, 5.74) is 0. The number of hydrogen-bond donors (Lipinski definition) is 0. The molecule has 108 valence electrons. The predicted octanol–water partition coefficient (Wildman–Crippen LogP) is 5.98. The fourth-order valence-electron chi connectivity index (χ4n) is 1.88. The predicted molar refractivity (Wildman–Crippen MR) is 83.0 cm³/mol. The van der Waals surface area contributed by atoms with E-state index in [0.29, 0.717) is 11.6 Å². The lowest BCUT2D eigenvalue weighted by molar-refractivity contribution is 0.290. The van der Waals surface area contributed by atoms with E-state index in [-0.39, 0.29) is 11.6 Å². The van der Waals surface area contributed by atoms with Crippen LogP contribution in [0.3, 0.4) is 0 Å².